The highest BCUT2D eigenvalue weighted by atomic mass is 19.1. The predicted molar refractivity (Wildman–Crippen MR) is 75.7 cm³/mol. The van der Waals surface area contributed by atoms with Gasteiger partial charge in [-0.1, -0.05) is 42.0 Å². The van der Waals surface area contributed by atoms with Crippen molar-refractivity contribution in [1.82, 2.24) is 0 Å². The van der Waals surface area contributed by atoms with Gasteiger partial charge in [0.1, 0.15) is 5.82 Å². The van der Waals surface area contributed by atoms with Crippen LogP contribution in [0.4, 0.5) is 4.39 Å². The van der Waals surface area contributed by atoms with Crippen LogP contribution in [0.2, 0.25) is 0 Å². The lowest BCUT2D eigenvalue weighted by molar-refractivity contribution is 0.173. The van der Waals surface area contributed by atoms with Gasteiger partial charge in [0, 0.05) is 12.0 Å². The SMILES string of the molecule is Cc1ccc(C)c(CC(O)c2cccc(C)c2F)c1. The lowest BCUT2D eigenvalue weighted by Crippen LogP contribution is -2.06. The molecular weight excluding hydrogens is 239 g/mol. The molecule has 100 valence electrons. The van der Waals surface area contributed by atoms with Crippen LogP contribution in [0.1, 0.15) is 33.9 Å². The molecule has 2 aromatic rings. The molecule has 2 heteroatoms. The van der Waals surface area contributed by atoms with Gasteiger partial charge in [-0.3, -0.25) is 0 Å². The van der Waals surface area contributed by atoms with E-state index in [1.165, 1.54) is 0 Å². The van der Waals surface area contributed by atoms with Crippen LogP contribution in [0.15, 0.2) is 36.4 Å². The van der Waals surface area contributed by atoms with Crippen molar-refractivity contribution in [2.45, 2.75) is 33.3 Å². The zero-order valence-electron chi connectivity index (χ0n) is 11.6. The topological polar surface area (TPSA) is 20.2 Å². The first-order valence-corrected chi connectivity index (χ1v) is 6.48. The van der Waals surface area contributed by atoms with Crippen molar-refractivity contribution in [3.05, 3.63) is 70.0 Å². The van der Waals surface area contributed by atoms with Gasteiger partial charge in [0.05, 0.1) is 6.10 Å². The number of aliphatic hydroxyl groups is 1. The van der Waals surface area contributed by atoms with E-state index in [2.05, 4.69) is 0 Å². The molecular formula is C17H19FO. The molecule has 0 fully saturated rings. The van der Waals surface area contributed by atoms with Crippen LogP contribution in [0.25, 0.3) is 0 Å². The Labute approximate surface area is 113 Å². The van der Waals surface area contributed by atoms with Crippen LogP contribution in [-0.4, -0.2) is 5.11 Å². The number of benzene rings is 2. The van der Waals surface area contributed by atoms with Gasteiger partial charge in [0.2, 0.25) is 0 Å². The minimum Gasteiger partial charge on any atom is -0.388 e. The molecule has 0 amide bonds. The monoisotopic (exact) mass is 258 g/mol. The van der Waals surface area contributed by atoms with E-state index < -0.39 is 6.10 Å². The third kappa shape index (κ3) is 3.02. The summed E-state index contributed by atoms with van der Waals surface area (Å²) in [5.41, 5.74) is 4.28. The standard InChI is InChI=1S/C17H19FO/c1-11-7-8-12(2)14(9-11)10-16(19)15-6-4-5-13(3)17(15)18/h4-9,16,19H,10H2,1-3H3. The van der Waals surface area contributed by atoms with Crippen molar-refractivity contribution in [3.63, 3.8) is 0 Å². The van der Waals surface area contributed by atoms with E-state index >= 15 is 0 Å². The van der Waals surface area contributed by atoms with Gasteiger partial charge >= 0.3 is 0 Å². The van der Waals surface area contributed by atoms with Crippen LogP contribution in [-0.2, 0) is 6.42 Å². The van der Waals surface area contributed by atoms with E-state index in [9.17, 15) is 9.50 Å². The van der Waals surface area contributed by atoms with Gasteiger partial charge in [-0.2, -0.15) is 0 Å². The zero-order chi connectivity index (χ0) is 14.0. The molecule has 1 nitrogen and oxygen atoms in total. The smallest absolute Gasteiger partial charge is 0.131 e. The summed E-state index contributed by atoms with van der Waals surface area (Å²) >= 11 is 0. The number of hydrogen-bond acceptors (Lipinski definition) is 1. The first-order valence-electron chi connectivity index (χ1n) is 6.48. The van der Waals surface area contributed by atoms with Crippen LogP contribution in [0.3, 0.4) is 0 Å². The largest absolute Gasteiger partial charge is 0.388 e. The lowest BCUT2D eigenvalue weighted by atomic mass is 9.95. The molecule has 0 radical (unpaired) electrons. The minimum atomic E-state index is -0.805. The van der Waals surface area contributed by atoms with E-state index in [1.807, 2.05) is 32.0 Å². The van der Waals surface area contributed by atoms with Crippen molar-refractivity contribution >= 4 is 0 Å². The second kappa shape index (κ2) is 5.54. The molecule has 0 bridgehead atoms. The Morgan fingerprint density at radius 3 is 2.53 bits per heavy atom. The van der Waals surface area contributed by atoms with Gasteiger partial charge in [0.25, 0.3) is 0 Å². The van der Waals surface area contributed by atoms with Crippen molar-refractivity contribution in [3.8, 4) is 0 Å². The van der Waals surface area contributed by atoms with Gasteiger partial charge < -0.3 is 5.11 Å². The molecule has 0 aliphatic heterocycles. The summed E-state index contributed by atoms with van der Waals surface area (Å²) in [4.78, 5) is 0. The van der Waals surface area contributed by atoms with E-state index in [4.69, 9.17) is 0 Å². The average molecular weight is 258 g/mol. The number of aliphatic hydroxyl groups excluding tert-OH is 1. The van der Waals surface area contributed by atoms with Crippen molar-refractivity contribution in [1.29, 1.82) is 0 Å². The summed E-state index contributed by atoms with van der Waals surface area (Å²) in [7, 11) is 0. The molecule has 0 saturated carbocycles. The van der Waals surface area contributed by atoms with Crippen LogP contribution in [0.5, 0.6) is 0 Å². The molecule has 0 aliphatic rings. The summed E-state index contributed by atoms with van der Waals surface area (Å²) in [6.07, 6.45) is -0.367. The van der Waals surface area contributed by atoms with Crippen LogP contribution >= 0.6 is 0 Å². The Morgan fingerprint density at radius 2 is 1.79 bits per heavy atom. The van der Waals surface area contributed by atoms with Crippen molar-refractivity contribution in [2.75, 3.05) is 0 Å². The van der Waals surface area contributed by atoms with Crippen molar-refractivity contribution in [2.24, 2.45) is 0 Å². The Balaban J connectivity index is 2.28. The molecule has 0 spiro atoms. The summed E-state index contributed by atoms with van der Waals surface area (Å²) in [6, 6.07) is 11.3. The van der Waals surface area contributed by atoms with Gasteiger partial charge in [-0.25, -0.2) is 4.39 Å². The summed E-state index contributed by atoms with van der Waals surface area (Å²) in [5.74, 6) is -0.305. The van der Waals surface area contributed by atoms with Gasteiger partial charge in [-0.05, 0) is 37.5 Å². The highest BCUT2D eigenvalue weighted by Crippen LogP contribution is 2.24. The molecule has 0 aromatic heterocycles. The third-order valence-corrected chi connectivity index (χ3v) is 3.50. The van der Waals surface area contributed by atoms with Crippen LogP contribution in [0, 0.1) is 26.6 Å². The van der Waals surface area contributed by atoms with E-state index in [0.29, 0.717) is 17.5 Å². The first kappa shape index (κ1) is 13.8. The average Bonchev–Trinajstić information content (AvgIpc) is 2.37. The fourth-order valence-corrected chi connectivity index (χ4v) is 2.27. The Kier molecular flexibility index (Phi) is 4.01. The highest BCUT2D eigenvalue weighted by Gasteiger charge is 2.15. The van der Waals surface area contributed by atoms with Gasteiger partial charge in [-0.15, -0.1) is 0 Å². The maximum absolute atomic E-state index is 14.0. The normalized spacial score (nSPS) is 12.5. The molecule has 19 heavy (non-hydrogen) atoms. The Bertz CT molecular complexity index is 590. The second-order valence-electron chi connectivity index (χ2n) is 5.13. The fraction of sp³-hybridized carbons (Fsp3) is 0.294. The van der Waals surface area contributed by atoms with Crippen LogP contribution < -0.4 is 0 Å². The molecule has 1 atom stereocenters. The van der Waals surface area contributed by atoms with E-state index in [0.717, 1.165) is 16.7 Å². The Hall–Kier alpha value is -1.67. The number of rotatable bonds is 3. The predicted octanol–water partition coefficient (Wildman–Crippen LogP) is 4.03. The van der Waals surface area contributed by atoms with Gasteiger partial charge in [0.15, 0.2) is 0 Å². The fourth-order valence-electron chi connectivity index (χ4n) is 2.27. The molecule has 0 heterocycles. The molecule has 0 aliphatic carbocycles. The molecule has 2 aromatic carbocycles. The Morgan fingerprint density at radius 1 is 1.05 bits per heavy atom. The maximum atomic E-state index is 14.0. The molecule has 1 unspecified atom stereocenters. The van der Waals surface area contributed by atoms with E-state index in [-0.39, 0.29) is 5.82 Å². The lowest BCUT2D eigenvalue weighted by Gasteiger charge is -2.15. The van der Waals surface area contributed by atoms with Crippen molar-refractivity contribution < 1.29 is 9.50 Å². The molecule has 2 rings (SSSR count). The minimum absolute atomic E-state index is 0.305. The summed E-state index contributed by atoms with van der Waals surface area (Å²) in [5, 5.41) is 10.3. The number of hydrogen-bond donors (Lipinski definition) is 1. The highest BCUT2D eigenvalue weighted by molar-refractivity contribution is 5.33. The quantitative estimate of drug-likeness (QED) is 0.881. The van der Waals surface area contributed by atoms with E-state index in [1.54, 1.807) is 25.1 Å². The third-order valence-electron chi connectivity index (χ3n) is 3.50. The zero-order valence-corrected chi connectivity index (χ0v) is 11.6. The first-order chi connectivity index (χ1) is 8.99. The summed E-state index contributed by atoms with van der Waals surface area (Å²) in [6.45, 7) is 5.74. The number of aryl methyl sites for hydroxylation is 3. The summed E-state index contributed by atoms with van der Waals surface area (Å²) < 4.78 is 14.0. The second-order valence-corrected chi connectivity index (χ2v) is 5.13. The number of halogens is 1. The molecule has 1 N–H and O–H groups in total. The maximum Gasteiger partial charge on any atom is 0.131 e. The molecule has 0 saturated heterocycles.